The van der Waals surface area contributed by atoms with Crippen LogP contribution in [-0.2, 0) is 0 Å². The van der Waals surface area contributed by atoms with E-state index in [2.05, 4.69) is 37.8 Å². The molecular formula is C17H24BrF3N2O. The van der Waals surface area contributed by atoms with Crippen LogP contribution in [0.1, 0.15) is 44.2 Å². The second kappa shape index (κ2) is 9.06. The van der Waals surface area contributed by atoms with Crippen molar-refractivity contribution in [3.8, 4) is 5.75 Å². The minimum atomic E-state index is -4.68. The van der Waals surface area contributed by atoms with Crippen LogP contribution in [0.2, 0.25) is 0 Å². The molecule has 1 heterocycles. The van der Waals surface area contributed by atoms with Gasteiger partial charge in [0.25, 0.3) is 0 Å². The highest BCUT2D eigenvalue weighted by Crippen LogP contribution is 2.37. The van der Waals surface area contributed by atoms with E-state index in [0.29, 0.717) is 5.56 Å². The van der Waals surface area contributed by atoms with Gasteiger partial charge in [-0.05, 0) is 24.6 Å². The lowest BCUT2D eigenvalue weighted by Gasteiger charge is -2.36. The van der Waals surface area contributed by atoms with E-state index in [9.17, 15) is 13.2 Å². The number of piperazine rings is 1. The van der Waals surface area contributed by atoms with Crippen molar-refractivity contribution < 1.29 is 17.9 Å². The van der Waals surface area contributed by atoms with Crippen molar-refractivity contribution in [2.45, 2.75) is 45.0 Å². The summed E-state index contributed by atoms with van der Waals surface area (Å²) in [5.74, 6) is -0.0919. The van der Waals surface area contributed by atoms with Crippen LogP contribution >= 0.6 is 15.9 Å². The standard InChI is InChI=1S/C17H24BrF3N2O/c1-2-3-4-5-15(23-10-8-22-9-11-23)14-12-13(18)6-7-16(14)24-17(19,20)21/h6-7,12,15,22H,2-5,8-11H2,1H3/t15-/m0/s1. The van der Waals surface area contributed by atoms with Crippen molar-refractivity contribution in [1.29, 1.82) is 0 Å². The van der Waals surface area contributed by atoms with Crippen molar-refractivity contribution >= 4 is 15.9 Å². The molecule has 1 atom stereocenters. The van der Waals surface area contributed by atoms with Gasteiger partial charge in [-0.2, -0.15) is 0 Å². The monoisotopic (exact) mass is 408 g/mol. The van der Waals surface area contributed by atoms with Crippen LogP contribution in [0.25, 0.3) is 0 Å². The third-order valence-corrected chi connectivity index (χ3v) is 4.72. The van der Waals surface area contributed by atoms with E-state index in [1.165, 1.54) is 6.07 Å². The number of unbranched alkanes of at least 4 members (excludes halogenated alkanes) is 2. The summed E-state index contributed by atoms with van der Waals surface area (Å²) in [6.07, 6.45) is -0.702. The molecule has 0 unspecified atom stereocenters. The highest BCUT2D eigenvalue weighted by molar-refractivity contribution is 9.10. The smallest absolute Gasteiger partial charge is 0.405 e. The van der Waals surface area contributed by atoms with Crippen LogP contribution < -0.4 is 10.1 Å². The predicted octanol–water partition coefficient (Wildman–Crippen LogP) is 4.87. The summed E-state index contributed by atoms with van der Waals surface area (Å²) < 4.78 is 43.4. The normalized spacial score (nSPS) is 17.7. The number of halogens is 4. The Labute approximate surface area is 149 Å². The molecule has 136 valence electrons. The molecule has 1 N–H and O–H groups in total. The molecule has 24 heavy (non-hydrogen) atoms. The fourth-order valence-electron chi connectivity index (χ4n) is 3.11. The number of benzene rings is 1. The van der Waals surface area contributed by atoms with E-state index in [1.807, 2.05) is 0 Å². The van der Waals surface area contributed by atoms with Gasteiger partial charge >= 0.3 is 6.36 Å². The summed E-state index contributed by atoms with van der Waals surface area (Å²) in [5, 5.41) is 3.29. The lowest BCUT2D eigenvalue weighted by molar-refractivity contribution is -0.275. The molecule has 2 rings (SSSR count). The van der Waals surface area contributed by atoms with Gasteiger partial charge in [0.05, 0.1) is 0 Å². The largest absolute Gasteiger partial charge is 0.573 e. The Morgan fingerprint density at radius 3 is 2.58 bits per heavy atom. The van der Waals surface area contributed by atoms with E-state index in [1.54, 1.807) is 12.1 Å². The second-order valence-electron chi connectivity index (χ2n) is 6.03. The molecule has 0 bridgehead atoms. The molecule has 1 aliphatic rings. The quantitative estimate of drug-likeness (QED) is 0.651. The maximum Gasteiger partial charge on any atom is 0.573 e. The van der Waals surface area contributed by atoms with Gasteiger partial charge in [0.15, 0.2) is 0 Å². The van der Waals surface area contributed by atoms with Crippen molar-refractivity contribution in [3.05, 3.63) is 28.2 Å². The highest BCUT2D eigenvalue weighted by atomic mass is 79.9. The molecule has 7 heteroatoms. The van der Waals surface area contributed by atoms with Crippen LogP contribution in [0.5, 0.6) is 5.75 Å². The molecule has 1 aromatic rings. The number of nitrogens with zero attached hydrogens (tertiary/aromatic N) is 1. The molecular weight excluding hydrogens is 385 g/mol. The molecule has 0 saturated carbocycles. The summed E-state index contributed by atoms with van der Waals surface area (Å²) in [6, 6.07) is 4.70. The van der Waals surface area contributed by atoms with Crippen molar-refractivity contribution in [1.82, 2.24) is 10.2 Å². The lowest BCUT2D eigenvalue weighted by Crippen LogP contribution is -2.45. The van der Waals surface area contributed by atoms with Gasteiger partial charge in [-0.1, -0.05) is 42.1 Å². The van der Waals surface area contributed by atoms with Crippen LogP contribution in [0, 0.1) is 0 Å². The SMILES string of the molecule is CCCCC[C@@H](c1cc(Br)ccc1OC(F)(F)F)N1CCNCC1. The third kappa shape index (κ3) is 5.93. The fraction of sp³-hybridized carbons (Fsp3) is 0.647. The summed E-state index contributed by atoms with van der Waals surface area (Å²) >= 11 is 3.38. The molecule has 0 spiro atoms. The summed E-state index contributed by atoms with van der Waals surface area (Å²) in [4.78, 5) is 2.26. The van der Waals surface area contributed by atoms with Crippen LogP contribution in [0.3, 0.4) is 0 Å². The van der Waals surface area contributed by atoms with E-state index in [4.69, 9.17) is 0 Å². The minimum absolute atomic E-state index is 0.0616. The molecule has 0 aliphatic carbocycles. The fourth-order valence-corrected chi connectivity index (χ4v) is 3.49. The Morgan fingerprint density at radius 1 is 1.25 bits per heavy atom. The first-order chi connectivity index (χ1) is 11.4. The Hall–Kier alpha value is -0.790. The Bertz CT molecular complexity index is 519. The van der Waals surface area contributed by atoms with Gasteiger partial charge in [-0.3, -0.25) is 4.90 Å². The molecule has 1 saturated heterocycles. The molecule has 0 aromatic heterocycles. The van der Waals surface area contributed by atoms with Gasteiger partial charge in [0.1, 0.15) is 5.75 Å². The number of rotatable bonds is 7. The van der Waals surface area contributed by atoms with Gasteiger partial charge < -0.3 is 10.1 Å². The van der Waals surface area contributed by atoms with Crippen LogP contribution in [0.4, 0.5) is 13.2 Å². The lowest BCUT2D eigenvalue weighted by atomic mass is 9.97. The maximum atomic E-state index is 12.8. The zero-order chi connectivity index (χ0) is 17.6. The molecule has 1 fully saturated rings. The van der Waals surface area contributed by atoms with Crippen LogP contribution in [-0.4, -0.2) is 37.4 Å². The topological polar surface area (TPSA) is 24.5 Å². The number of nitrogens with one attached hydrogen (secondary N) is 1. The number of hydrogen-bond donors (Lipinski definition) is 1. The third-order valence-electron chi connectivity index (χ3n) is 4.23. The van der Waals surface area contributed by atoms with E-state index >= 15 is 0 Å². The molecule has 1 aromatic carbocycles. The van der Waals surface area contributed by atoms with E-state index in [-0.39, 0.29) is 11.8 Å². The Balaban J connectivity index is 2.30. The molecule has 0 radical (unpaired) electrons. The van der Waals surface area contributed by atoms with E-state index < -0.39 is 6.36 Å². The molecule has 3 nitrogen and oxygen atoms in total. The first-order valence-corrected chi connectivity index (χ1v) is 9.20. The van der Waals surface area contributed by atoms with Gasteiger partial charge in [-0.25, -0.2) is 0 Å². The van der Waals surface area contributed by atoms with Crippen molar-refractivity contribution in [2.24, 2.45) is 0 Å². The van der Waals surface area contributed by atoms with Gasteiger partial charge in [0.2, 0.25) is 0 Å². The average Bonchev–Trinajstić information content (AvgIpc) is 2.53. The minimum Gasteiger partial charge on any atom is -0.405 e. The second-order valence-corrected chi connectivity index (χ2v) is 6.94. The van der Waals surface area contributed by atoms with Crippen LogP contribution in [0.15, 0.2) is 22.7 Å². The summed E-state index contributed by atoms with van der Waals surface area (Å²) in [5.41, 5.74) is 0.611. The van der Waals surface area contributed by atoms with Gasteiger partial charge in [0, 0.05) is 42.3 Å². The maximum absolute atomic E-state index is 12.8. The van der Waals surface area contributed by atoms with Crippen molar-refractivity contribution in [3.63, 3.8) is 0 Å². The van der Waals surface area contributed by atoms with Crippen molar-refractivity contribution in [2.75, 3.05) is 26.2 Å². The van der Waals surface area contributed by atoms with E-state index in [0.717, 1.165) is 56.3 Å². The molecule has 0 amide bonds. The Kier molecular flexibility index (Phi) is 7.37. The number of hydrogen-bond acceptors (Lipinski definition) is 3. The molecule has 1 aliphatic heterocycles. The average molecular weight is 409 g/mol. The summed E-state index contributed by atoms with van der Waals surface area (Å²) in [7, 11) is 0. The number of ether oxygens (including phenoxy) is 1. The Morgan fingerprint density at radius 2 is 1.96 bits per heavy atom. The first kappa shape index (κ1) is 19.5. The number of alkyl halides is 3. The van der Waals surface area contributed by atoms with Gasteiger partial charge in [-0.15, -0.1) is 13.2 Å². The highest BCUT2D eigenvalue weighted by Gasteiger charge is 2.34. The first-order valence-electron chi connectivity index (χ1n) is 8.40. The zero-order valence-electron chi connectivity index (χ0n) is 13.8. The summed E-state index contributed by atoms with van der Waals surface area (Å²) in [6.45, 7) is 5.49. The zero-order valence-corrected chi connectivity index (χ0v) is 15.4. The predicted molar refractivity (Wildman–Crippen MR) is 92.2 cm³/mol.